The Morgan fingerprint density at radius 3 is 2.78 bits per heavy atom. The minimum atomic E-state index is -0.209. The third-order valence-corrected chi connectivity index (χ3v) is 2.79. The number of hydrogen-bond acceptors (Lipinski definition) is 4. The van der Waals surface area contributed by atoms with Gasteiger partial charge in [0.1, 0.15) is 5.69 Å². The van der Waals surface area contributed by atoms with Crippen molar-refractivity contribution < 1.29 is 4.79 Å². The average Bonchev–Trinajstić information content (AvgIpc) is 2.64. The molecule has 18 heavy (non-hydrogen) atoms. The zero-order chi connectivity index (χ0) is 13.9. The molecule has 6 nitrogen and oxygen atoms in total. The van der Waals surface area contributed by atoms with Crippen molar-refractivity contribution in [3.8, 4) is 6.07 Å². The number of nitrogens with zero attached hydrogens (tertiary/aromatic N) is 4. The van der Waals surface area contributed by atoms with Crippen LogP contribution in [0.25, 0.3) is 0 Å². The first kappa shape index (κ1) is 14.0. The van der Waals surface area contributed by atoms with Crippen LogP contribution in [0.15, 0.2) is 0 Å². The van der Waals surface area contributed by atoms with Gasteiger partial charge in [0.2, 0.25) is 0 Å². The number of nitriles is 1. The molecule has 0 saturated carbocycles. The fourth-order valence-corrected chi connectivity index (χ4v) is 1.77. The zero-order valence-electron chi connectivity index (χ0n) is 11.3. The lowest BCUT2D eigenvalue weighted by atomic mass is 10.2. The first-order chi connectivity index (χ1) is 8.42. The number of nitrogens with two attached hydrogens (primary N) is 1. The fraction of sp³-hybridized carbons (Fsp3) is 0.583. The van der Waals surface area contributed by atoms with Crippen molar-refractivity contribution >= 4 is 11.6 Å². The Kier molecular flexibility index (Phi) is 4.32. The maximum atomic E-state index is 12.3. The van der Waals surface area contributed by atoms with Gasteiger partial charge in [-0.3, -0.25) is 9.48 Å². The maximum absolute atomic E-state index is 12.3. The molecule has 1 amide bonds. The molecule has 0 radical (unpaired) electrons. The summed E-state index contributed by atoms with van der Waals surface area (Å²) in [6, 6.07) is 2.10. The van der Waals surface area contributed by atoms with Crippen LogP contribution in [0.5, 0.6) is 0 Å². The number of hydrogen-bond donors (Lipinski definition) is 1. The molecular formula is C12H19N5O. The third kappa shape index (κ3) is 2.62. The molecule has 1 atom stereocenters. The van der Waals surface area contributed by atoms with Gasteiger partial charge in [0.25, 0.3) is 5.91 Å². The van der Waals surface area contributed by atoms with Crippen LogP contribution in [0, 0.1) is 24.2 Å². The van der Waals surface area contributed by atoms with E-state index in [1.54, 1.807) is 25.6 Å². The molecule has 1 aromatic heterocycles. The Bertz CT molecular complexity index is 485. The smallest absolute Gasteiger partial charge is 0.274 e. The number of amides is 1. The van der Waals surface area contributed by atoms with Gasteiger partial charge in [-0.15, -0.1) is 0 Å². The van der Waals surface area contributed by atoms with E-state index in [1.807, 2.05) is 6.92 Å². The number of rotatable bonds is 4. The number of carbonyl (C=O) groups is 1. The molecule has 0 aromatic carbocycles. The minimum Gasteiger partial charge on any atom is -0.395 e. The van der Waals surface area contributed by atoms with Crippen molar-refractivity contribution in [2.24, 2.45) is 5.92 Å². The van der Waals surface area contributed by atoms with Gasteiger partial charge in [0, 0.05) is 20.1 Å². The number of carbonyl (C=O) groups excluding carboxylic acids is 1. The van der Waals surface area contributed by atoms with Crippen molar-refractivity contribution in [3.63, 3.8) is 0 Å². The largest absolute Gasteiger partial charge is 0.395 e. The van der Waals surface area contributed by atoms with Gasteiger partial charge in [0.15, 0.2) is 0 Å². The molecule has 0 aliphatic rings. The van der Waals surface area contributed by atoms with Crippen molar-refractivity contribution in [2.45, 2.75) is 27.3 Å². The van der Waals surface area contributed by atoms with E-state index in [2.05, 4.69) is 11.2 Å². The third-order valence-electron chi connectivity index (χ3n) is 2.79. The highest BCUT2D eigenvalue weighted by Crippen LogP contribution is 2.18. The molecule has 1 rings (SSSR count). The molecular weight excluding hydrogens is 230 g/mol. The molecule has 1 unspecified atom stereocenters. The molecule has 0 aliphatic carbocycles. The van der Waals surface area contributed by atoms with Crippen LogP contribution >= 0.6 is 0 Å². The van der Waals surface area contributed by atoms with Crippen LogP contribution in [0.2, 0.25) is 0 Å². The van der Waals surface area contributed by atoms with Gasteiger partial charge in [-0.2, -0.15) is 10.4 Å². The lowest BCUT2D eigenvalue weighted by Crippen LogP contribution is -2.32. The highest BCUT2D eigenvalue weighted by atomic mass is 16.2. The standard InChI is InChI=1S/C12H19N5O/c1-5-17-11(10(14)9(3)15-17)12(18)16(4)7-8(2)6-13/h8H,5,7,14H2,1-4H3. The van der Waals surface area contributed by atoms with Crippen LogP contribution in [0.3, 0.4) is 0 Å². The summed E-state index contributed by atoms with van der Waals surface area (Å²) in [5.41, 5.74) is 7.36. The summed E-state index contributed by atoms with van der Waals surface area (Å²) in [4.78, 5) is 13.8. The highest BCUT2D eigenvalue weighted by Gasteiger charge is 2.23. The molecule has 0 aliphatic heterocycles. The Balaban J connectivity index is 3.00. The molecule has 6 heteroatoms. The first-order valence-corrected chi connectivity index (χ1v) is 5.90. The molecule has 0 spiro atoms. The zero-order valence-corrected chi connectivity index (χ0v) is 11.3. The number of anilines is 1. The Morgan fingerprint density at radius 2 is 2.28 bits per heavy atom. The SMILES string of the molecule is CCn1nc(C)c(N)c1C(=O)N(C)CC(C)C#N. The van der Waals surface area contributed by atoms with Crippen LogP contribution in [-0.2, 0) is 6.54 Å². The molecule has 0 saturated heterocycles. The Morgan fingerprint density at radius 1 is 1.67 bits per heavy atom. The van der Waals surface area contributed by atoms with Crippen LogP contribution < -0.4 is 5.73 Å². The predicted octanol–water partition coefficient (Wildman–Crippen LogP) is 1.03. The Labute approximate surface area is 107 Å². The van der Waals surface area contributed by atoms with E-state index in [4.69, 9.17) is 11.0 Å². The summed E-state index contributed by atoms with van der Waals surface area (Å²) in [6.07, 6.45) is 0. The van der Waals surface area contributed by atoms with Crippen LogP contribution in [0.1, 0.15) is 30.0 Å². The van der Waals surface area contributed by atoms with E-state index in [-0.39, 0.29) is 11.8 Å². The van der Waals surface area contributed by atoms with Crippen LogP contribution in [-0.4, -0.2) is 34.2 Å². The normalized spacial score (nSPS) is 11.9. The lowest BCUT2D eigenvalue weighted by molar-refractivity contribution is 0.0774. The molecule has 1 heterocycles. The second kappa shape index (κ2) is 5.54. The number of nitrogen functional groups attached to an aromatic ring is 1. The monoisotopic (exact) mass is 249 g/mol. The van der Waals surface area contributed by atoms with Gasteiger partial charge >= 0.3 is 0 Å². The van der Waals surface area contributed by atoms with E-state index in [0.717, 1.165) is 0 Å². The number of aryl methyl sites for hydroxylation is 2. The predicted molar refractivity (Wildman–Crippen MR) is 68.8 cm³/mol. The fourth-order valence-electron chi connectivity index (χ4n) is 1.77. The first-order valence-electron chi connectivity index (χ1n) is 5.90. The minimum absolute atomic E-state index is 0.197. The average molecular weight is 249 g/mol. The summed E-state index contributed by atoms with van der Waals surface area (Å²) >= 11 is 0. The second-order valence-corrected chi connectivity index (χ2v) is 4.38. The molecule has 98 valence electrons. The summed E-state index contributed by atoms with van der Waals surface area (Å²) in [6.45, 7) is 6.41. The summed E-state index contributed by atoms with van der Waals surface area (Å²) in [5.74, 6) is -0.406. The molecule has 2 N–H and O–H groups in total. The van der Waals surface area contributed by atoms with E-state index in [0.29, 0.717) is 30.2 Å². The molecule has 1 aromatic rings. The van der Waals surface area contributed by atoms with Crippen molar-refractivity contribution in [1.29, 1.82) is 5.26 Å². The molecule has 0 fully saturated rings. The van der Waals surface area contributed by atoms with Gasteiger partial charge in [0.05, 0.1) is 23.4 Å². The second-order valence-electron chi connectivity index (χ2n) is 4.38. The van der Waals surface area contributed by atoms with E-state index < -0.39 is 0 Å². The number of aromatic nitrogens is 2. The topological polar surface area (TPSA) is 87.9 Å². The van der Waals surface area contributed by atoms with E-state index in [9.17, 15) is 4.79 Å². The lowest BCUT2D eigenvalue weighted by Gasteiger charge is -2.19. The molecule has 0 bridgehead atoms. The summed E-state index contributed by atoms with van der Waals surface area (Å²) in [7, 11) is 1.66. The van der Waals surface area contributed by atoms with Gasteiger partial charge < -0.3 is 10.6 Å². The summed E-state index contributed by atoms with van der Waals surface area (Å²) in [5, 5.41) is 13.0. The van der Waals surface area contributed by atoms with Crippen molar-refractivity contribution in [3.05, 3.63) is 11.4 Å². The van der Waals surface area contributed by atoms with Crippen molar-refractivity contribution in [2.75, 3.05) is 19.3 Å². The van der Waals surface area contributed by atoms with Gasteiger partial charge in [-0.25, -0.2) is 0 Å². The van der Waals surface area contributed by atoms with Gasteiger partial charge in [-0.1, -0.05) is 0 Å². The van der Waals surface area contributed by atoms with Gasteiger partial charge in [-0.05, 0) is 20.8 Å². The Hall–Kier alpha value is -2.03. The van der Waals surface area contributed by atoms with Crippen molar-refractivity contribution in [1.82, 2.24) is 14.7 Å². The summed E-state index contributed by atoms with van der Waals surface area (Å²) < 4.78 is 1.60. The van der Waals surface area contributed by atoms with Crippen LogP contribution in [0.4, 0.5) is 5.69 Å². The quantitative estimate of drug-likeness (QED) is 0.863. The maximum Gasteiger partial charge on any atom is 0.274 e. The highest BCUT2D eigenvalue weighted by molar-refractivity contribution is 5.97. The van der Waals surface area contributed by atoms with E-state index in [1.165, 1.54) is 4.90 Å². The van der Waals surface area contributed by atoms with E-state index >= 15 is 0 Å².